The fraction of sp³-hybridized carbons (Fsp3) is 0. The van der Waals surface area contributed by atoms with Crippen LogP contribution in [0.1, 0.15) is 0 Å². The fourth-order valence-corrected chi connectivity index (χ4v) is 0.360. The standard InChI is InChI=1S/C3H6N6S/c4-2(5)9(3(6)7)8-1-10/h(H3,4,5)(H3,6,7). The van der Waals surface area contributed by atoms with Crippen molar-refractivity contribution >= 4 is 29.3 Å². The predicted octanol–water partition coefficient (Wildman–Crippen LogP) is -0.907. The SMILES string of the molecule is N=C(N)N(N=C=S)C(=N)N. The van der Waals surface area contributed by atoms with Gasteiger partial charge in [-0.15, -0.1) is 5.10 Å². The van der Waals surface area contributed by atoms with Crippen molar-refractivity contribution < 1.29 is 0 Å². The van der Waals surface area contributed by atoms with E-state index in [1.165, 1.54) is 0 Å². The average molecular weight is 158 g/mol. The molecule has 0 aromatic rings. The molecule has 0 aromatic heterocycles. The first kappa shape index (κ1) is 8.54. The van der Waals surface area contributed by atoms with Crippen LogP contribution in [0.15, 0.2) is 5.10 Å². The molecule has 0 aliphatic rings. The van der Waals surface area contributed by atoms with Crippen LogP contribution in [0.4, 0.5) is 0 Å². The van der Waals surface area contributed by atoms with Gasteiger partial charge in [-0.05, 0) is 12.2 Å². The van der Waals surface area contributed by atoms with Crippen LogP contribution < -0.4 is 11.5 Å². The minimum atomic E-state index is -0.468. The van der Waals surface area contributed by atoms with E-state index in [9.17, 15) is 0 Å². The highest BCUT2D eigenvalue weighted by atomic mass is 32.1. The van der Waals surface area contributed by atoms with E-state index in [0.29, 0.717) is 5.01 Å². The molecule has 0 aliphatic carbocycles. The number of isothiocyanates is 1. The highest BCUT2D eigenvalue weighted by molar-refractivity contribution is 7.78. The molecule has 0 unspecified atom stereocenters. The van der Waals surface area contributed by atoms with Gasteiger partial charge < -0.3 is 11.5 Å². The molecule has 10 heavy (non-hydrogen) atoms. The topological polar surface area (TPSA) is 115 Å². The lowest BCUT2D eigenvalue weighted by atomic mass is 10.8. The molecular weight excluding hydrogens is 152 g/mol. The third kappa shape index (κ3) is 2.21. The number of hydrogen-bond donors (Lipinski definition) is 4. The highest BCUT2D eigenvalue weighted by Crippen LogP contribution is 1.82. The van der Waals surface area contributed by atoms with E-state index in [0.717, 1.165) is 0 Å². The van der Waals surface area contributed by atoms with Gasteiger partial charge in [-0.3, -0.25) is 10.8 Å². The monoisotopic (exact) mass is 158 g/mol. The molecule has 0 aromatic carbocycles. The van der Waals surface area contributed by atoms with Gasteiger partial charge in [0.15, 0.2) is 0 Å². The Morgan fingerprint density at radius 3 is 1.90 bits per heavy atom. The molecule has 0 rings (SSSR count). The molecule has 7 heteroatoms. The maximum atomic E-state index is 6.79. The summed E-state index contributed by atoms with van der Waals surface area (Å²) in [5.74, 6) is -0.935. The second kappa shape index (κ2) is 3.54. The van der Waals surface area contributed by atoms with Crippen molar-refractivity contribution in [3.8, 4) is 0 Å². The van der Waals surface area contributed by atoms with Crippen molar-refractivity contribution in [3.05, 3.63) is 0 Å². The second-order valence-corrected chi connectivity index (χ2v) is 1.46. The molecular formula is C3H6N6S. The van der Waals surface area contributed by atoms with Crippen LogP contribution in [0.3, 0.4) is 0 Å². The molecule has 0 heterocycles. The Bertz CT molecular complexity index is 186. The van der Waals surface area contributed by atoms with Crippen LogP contribution in [-0.4, -0.2) is 22.1 Å². The summed E-state index contributed by atoms with van der Waals surface area (Å²) >= 11 is 4.20. The van der Waals surface area contributed by atoms with Gasteiger partial charge in [-0.2, -0.15) is 5.01 Å². The van der Waals surface area contributed by atoms with Gasteiger partial charge >= 0.3 is 0 Å². The number of hydrazone groups is 1. The van der Waals surface area contributed by atoms with Crippen molar-refractivity contribution in [2.75, 3.05) is 0 Å². The highest BCUT2D eigenvalue weighted by Gasteiger charge is 2.05. The van der Waals surface area contributed by atoms with Gasteiger partial charge in [-0.25, -0.2) is 0 Å². The van der Waals surface area contributed by atoms with Crippen LogP contribution in [0.2, 0.25) is 0 Å². The number of rotatable bonds is 1. The molecule has 6 N–H and O–H groups in total. The number of nitrogens with two attached hydrogens (primary N) is 2. The van der Waals surface area contributed by atoms with Crippen molar-refractivity contribution in [2.45, 2.75) is 0 Å². The second-order valence-electron chi connectivity index (χ2n) is 1.27. The summed E-state index contributed by atoms with van der Waals surface area (Å²) in [7, 11) is 0. The van der Waals surface area contributed by atoms with Crippen molar-refractivity contribution in [1.29, 1.82) is 10.8 Å². The minimum Gasteiger partial charge on any atom is -0.368 e. The Hall–Kier alpha value is -1.46. The van der Waals surface area contributed by atoms with Crippen molar-refractivity contribution in [1.82, 2.24) is 5.01 Å². The molecule has 0 radical (unpaired) electrons. The molecule has 0 aliphatic heterocycles. The van der Waals surface area contributed by atoms with Crippen molar-refractivity contribution in [3.63, 3.8) is 0 Å². The zero-order chi connectivity index (χ0) is 8.15. The Morgan fingerprint density at radius 1 is 1.40 bits per heavy atom. The van der Waals surface area contributed by atoms with Gasteiger partial charge in [0.25, 0.3) is 0 Å². The summed E-state index contributed by atoms with van der Waals surface area (Å²) in [5.41, 5.74) is 9.86. The summed E-state index contributed by atoms with van der Waals surface area (Å²) in [6, 6.07) is 0. The molecule has 54 valence electrons. The van der Waals surface area contributed by atoms with Gasteiger partial charge in [-0.1, -0.05) is 0 Å². The Labute approximate surface area is 62.5 Å². The largest absolute Gasteiger partial charge is 0.368 e. The molecule has 0 saturated heterocycles. The lowest BCUT2D eigenvalue weighted by molar-refractivity contribution is 0.638. The Kier molecular flexibility index (Phi) is 3.03. The van der Waals surface area contributed by atoms with Crippen LogP contribution >= 0.6 is 12.2 Å². The zero-order valence-corrected chi connectivity index (χ0v) is 5.77. The van der Waals surface area contributed by atoms with E-state index in [1.807, 2.05) is 5.16 Å². The van der Waals surface area contributed by atoms with Gasteiger partial charge in [0.1, 0.15) is 0 Å². The third-order valence-corrected chi connectivity index (χ3v) is 0.679. The summed E-state index contributed by atoms with van der Waals surface area (Å²) in [5, 5.41) is 19.4. The molecule has 0 spiro atoms. The summed E-state index contributed by atoms with van der Waals surface area (Å²) in [6.45, 7) is 0. The molecule has 0 bridgehead atoms. The lowest BCUT2D eigenvalue weighted by Crippen LogP contribution is -2.40. The van der Waals surface area contributed by atoms with Crippen LogP contribution in [-0.2, 0) is 0 Å². The first-order chi connectivity index (χ1) is 4.59. The first-order valence-corrected chi connectivity index (χ1v) is 2.56. The van der Waals surface area contributed by atoms with Crippen molar-refractivity contribution in [2.24, 2.45) is 16.6 Å². The molecule has 0 saturated carbocycles. The Balaban J connectivity index is 4.41. The van der Waals surface area contributed by atoms with E-state index in [4.69, 9.17) is 22.3 Å². The first-order valence-electron chi connectivity index (χ1n) is 2.15. The predicted molar refractivity (Wildman–Crippen MR) is 40.7 cm³/mol. The maximum Gasteiger partial charge on any atom is 0.217 e. The van der Waals surface area contributed by atoms with E-state index in [1.54, 1.807) is 0 Å². The van der Waals surface area contributed by atoms with Gasteiger partial charge in [0.2, 0.25) is 11.9 Å². The number of thiocarbonyl (C=S) groups is 1. The summed E-state index contributed by atoms with van der Waals surface area (Å²) in [4.78, 5) is 0. The maximum absolute atomic E-state index is 6.79. The fourth-order valence-electron chi connectivity index (χ4n) is 0.278. The molecule has 0 atom stereocenters. The van der Waals surface area contributed by atoms with E-state index in [-0.39, 0.29) is 0 Å². The third-order valence-electron chi connectivity index (χ3n) is 0.597. The van der Waals surface area contributed by atoms with Gasteiger partial charge in [0, 0.05) is 0 Å². The van der Waals surface area contributed by atoms with E-state index in [2.05, 4.69) is 17.3 Å². The number of nitrogens with one attached hydrogen (secondary N) is 2. The Morgan fingerprint density at radius 2 is 1.80 bits per heavy atom. The smallest absolute Gasteiger partial charge is 0.217 e. The lowest BCUT2D eigenvalue weighted by Gasteiger charge is -2.10. The quantitative estimate of drug-likeness (QED) is 0.171. The minimum absolute atomic E-state index is 0.468. The number of guanidine groups is 2. The van der Waals surface area contributed by atoms with E-state index < -0.39 is 11.9 Å². The number of hydrogen-bond acceptors (Lipinski definition) is 4. The summed E-state index contributed by atoms with van der Waals surface area (Å²) in [6.07, 6.45) is 0. The number of nitrogens with zero attached hydrogens (tertiary/aromatic N) is 2. The molecule has 0 amide bonds. The van der Waals surface area contributed by atoms with E-state index >= 15 is 0 Å². The molecule has 6 nitrogen and oxygen atoms in total. The van der Waals surface area contributed by atoms with Crippen LogP contribution in [0, 0.1) is 10.8 Å². The van der Waals surface area contributed by atoms with Gasteiger partial charge in [0.05, 0.1) is 5.16 Å². The summed E-state index contributed by atoms with van der Waals surface area (Å²) < 4.78 is 0. The molecule has 0 fully saturated rings. The van der Waals surface area contributed by atoms with Crippen LogP contribution in [0.25, 0.3) is 0 Å². The van der Waals surface area contributed by atoms with Crippen LogP contribution in [0.5, 0.6) is 0 Å². The zero-order valence-electron chi connectivity index (χ0n) is 4.96. The average Bonchev–Trinajstić information content (AvgIpc) is 1.81. The normalized spacial score (nSPS) is 7.60.